The Bertz CT molecular complexity index is 555. The summed E-state index contributed by atoms with van der Waals surface area (Å²) in [5, 5.41) is 0. The van der Waals surface area contributed by atoms with Crippen molar-refractivity contribution in [2.24, 2.45) is 5.41 Å². The van der Waals surface area contributed by atoms with Crippen LogP contribution >= 0.6 is 31.9 Å². The van der Waals surface area contributed by atoms with E-state index in [4.69, 9.17) is 4.74 Å². The van der Waals surface area contributed by atoms with E-state index in [1.54, 1.807) is 0 Å². The van der Waals surface area contributed by atoms with E-state index in [9.17, 15) is 4.79 Å². The van der Waals surface area contributed by atoms with Gasteiger partial charge in [-0.25, -0.2) is 0 Å². The summed E-state index contributed by atoms with van der Waals surface area (Å²) in [7, 11) is 0. The lowest BCUT2D eigenvalue weighted by Crippen LogP contribution is -2.46. The maximum atomic E-state index is 12.9. The molecule has 1 aromatic rings. The number of carbonyl (C=O) groups excluding carboxylic acids is 1. The number of Topliss-reactive ketones (excluding diaryl/α,β-unsaturated/α-hetero) is 1. The van der Waals surface area contributed by atoms with Crippen LogP contribution in [-0.2, 0) is 0 Å². The molecule has 20 heavy (non-hydrogen) atoms. The molecule has 3 nitrogen and oxygen atoms in total. The summed E-state index contributed by atoms with van der Waals surface area (Å²) in [6.07, 6.45) is 2.47. The number of rotatable bonds is 2. The number of ketones is 1. The van der Waals surface area contributed by atoms with Crippen LogP contribution in [0.2, 0.25) is 0 Å². The molecule has 1 aromatic carbocycles. The van der Waals surface area contributed by atoms with Crippen molar-refractivity contribution in [2.45, 2.75) is 19.8 Å². The molecule has 2 aliphatic rings. The van der Waals surface area contributed by atoms with Crippen molar-refractivity contribution in [3.05, 3.63) is 26.6 Å². The molecule has 0 spiro atoms. The summed E-state index contributed by atoms with van der Waals surface area (Å²) in [6, 6.07) is 3.78. The van der Waals surface area contributed by atoms with Gasteiger partial charge in [0.1, 0.15) is 12.4 Å². The van der Waals surface area contributed by atoms with E-state index in [1.807, 2.05) is 19.1 Å². The Kier molecular flexibility index (Phi) is 3.95. The topological polar surface area (TPSA) is 29.5 Å². The molecule has 1 fully saturated rings. The standard InChI is InChI=1S/C15H17Br2NO2/c1-15(8-18-4-2-3-5-18)9-20-13-11(14(15)19)6-10(16)7-12(13)17/h6-7H,2-5,8-9H2,1H3/t15-/m0/s1. The lowest BCUT2D eigenvalue weighted by atomic mass is 9.80. The average molecular weight is 403 g/mol. The largest absolute Gasteiger partial charge is 0.491 e. The fraction of sp³-hybridized carbons (Fsp3) is 0.533. The van der Waals surface area contributed by atoms with Gasteiger partial charge >= 0.3 is 0 Å². The van der Waals surface area contributed by atoms with Crippen molar-refractivity contribution >= 4 is 37.6 Å². The second kappa shape index (κ2) is 5.43. The number of ether oxygens (including phenoxy) is 1. The van der Waals surface area contributed by atoms with Crippen molar-refractivity contribution in [3.8, 4) is 5.75 Å². The van der Waals surface area contributed by atoms with Gasteiger partial charge in [-0.1, -0.05) is 15.9 Å². The van der Waals surface area contributed by atoms with Crippen LogP contribution in [0.5, 0.6) is 5.75 Å². The third-order valence-corrected chi connectivity index (χ3v) is 5.15. The smallest absolute Gasteiger partial charge is 0.177 e. The molecular formula is C15H17Br2NO2. The van der Waals surface area contributed by atoms with Crippen molar-refractivity contribution in [3.63, 3.8) is 0 Å². The molecule has 0 saturated carbocycles. The van der Waals surface area contributed by atoms with E-state index in [0.29, 0.717) is 17.9 Å². The van der Waals surface area contributed by atoms with Crippen LogP contribution in [0.1, 0.15) is 30.1 Å². The predicted molar refractivity (Wildman–Crippen MR) is 85.4 cm³/mol. The van der Waals surface area contributed by atoms with Crippen LogP contribution in [0.15, 0.2) is 21.1 Å². The van der Waals surface area contributed by atoms with E-state index >= 15 is 0 Å². The Morgan fingerprint density at radius 1 is 1.30 bits per heavy atom. The zero-order valence-corrected chi connectivity index (χ0v) is 14.6. The number of hydrogen-bond acceptors (Lipinski definition) is 3. The Morgan fingerprint density at radius 3 is 2.70 bits per heavy atom. The van der Waals surface area contributed by atoms with Gasteiger partial charge < -0.3 is 9.64 Å². The van der Waals surface area contributed by atoms with E-state index in [1.165, 1.54) is 12.8 Å². The third kappa shape index (κ3) is 2.55. The Morgan fingerprint density at radius 2 is 2.00 bits per heavy atom. The predicted octanol–water partition coefficient (Wildman–Crippen LogP) is 3.89. The first kappa shape index (κ1) is 14.5. The number of fused-ring (bicyclic) bond motifs is 1. The highest BCUT2D eigenvalue weighted by molar-refractivity contribution is 9.11. The molecule has 108 valence electrons. The number of carbonyl (C=O) groups is 1. The van der Waals surface area contributed by atoms with Crippen molar-refractivity contribution < 1.29 is 9.53 Å². The number of hydrogen-bond donors (Lipinski definition) is 0. The van der Waals surface area contributed by atoms with Crippen LogP contribution in [0, 0.1) is 5.41 Å². The Hall–Kier alpha value is -0.390. The molecule has 0 amide bonds. The SMILES string of the molecule is C[C@]1(CN2CCCC2)COc2c(Br)cc(Br)cc2C1=O. The summed E-state index contributed by atoms with van der Waals surface area (Å²) in [5.74, 6) is 0.866. The summed E-state index contributed by atoms with van der Waals surface area (Å²) in [6.45, 7) is 5.45. The second-order valence-corrected chi connectivity index (χ2v) is 7.70. The van der Waals surface area contributed by atoms with Gasteiger partial charge in [-0.2, -0.15) is 0 Å². The molecule has 2 aliphatic heterocycles. The molecule has 5 heteroatoms. The number of halogens is 2. The zero-order chi connectivity index (χ0) is 14.3. The van der Waals surface area contributed by atoms with Crippen LogP contribution in [-0.4, -0.2) is 36.9 Å². The average Bonchev–Trinajstić information content (AvgIpc) is 2.87. The van der Waals surface area contributed by atoms with Gasteiger partial charge in [0.15, 0.2) is 5.78 Å². The molecule has 3 rings (SSSR count). The number of nitrogens with zero attached hydrogens (tertiary/aromatic N) is 1. The molecule has 0 N–H and O–H groups in total. The minimum Gasteiger partial charge on any atom is -0.491 e. The summed E-state index contributed by atoms with van der Waals surface area (Å²) < 4.78 is 7.62. The lowest BCUT2D eigenvalue weighted by molar-refractivity contribution is 0.0549. The molecule has 1 saturated heterocycles. The normalized spacial score (nSPS) is 26.4. The summed E-state index contributed by atoms with van der Waals surface area (Å²) in [4.78, 5) is 15.3. The molecular weight excluding hydrogens is 386 g/mol. The Labute approximate surface area is 135 Å². The first-order chi connectivity index (χ1) is 9.49. The highest BCUT2D eigenvalue weighted by Crippen LogP contribution is 2.41. The van der Waals surface area contributed by atoms with Crippen LogP contribution in [0.4, 0.5) is 0 Å². The van der Waals surface area contributed by atoms with Gasteiger partial charge in [0.25, 0.3) is 0 Å². The number of likely N-dealkylation sites (tertiary alicyclic amines) is 1. The van der Waals surface area contributed by atoms with Gasteiger partial charge in [-0.05, 0) is 60.9 Å². The van der Waals surface area contributed by atoms with E-state index in [0.717, 1.165) is 28.6 Å². The molecule has 0 aromatic heterocycles. The van der Waals surface area contributed by atoms with Crippen LogP contribution < -0.4 is 4.74 Å². The molecule has 0 unspecified atom stereocenters. The maximum Gasteiger partial charge on any atom is 0.177 e. The van der Waals surface area contributed by atoms with Crippen LogP contribution in [0.3, 0.4) is 0 Å². The monoisotopic (exact) mass is 401 g/mol. The first-order valence-corrected chi connectivity index (χ1v) is 8.47. The molecule has 0 aliphatic carbocycles. The van der Waals surface area contributed by atoms with Gasteiger partial charge in [0, 0.05) is 11.0 Å². The minimum atomic E-state index is -0.447. The second-order valence-electron chi connectivity index (χ2n) is 5.93. The minimum absolute atomic E-state index is 0.188. The first-order valence-electron chi connectivity index (χ1n) is 6.89. The maximum absolute atomic E-state index is 12.9. The molecule has 2 heterocycles. The lowest BCUT2D eigenvalue weighted by Gasteiger charge is -2.36. The molecule has 0 radical (unpaired) electrons. The van der Waals surface area contributed by atoms with E-state index in [2.05, 4.69) is 36.8 Å². The molecule has 0 bridgehead atoms. The fourth-order valence-electron chi connectivity index (χ4n) is 3.05. The van der Waals surface area contributed by atoms with Gasteiger partial charge in [-0.3, -0.25) is 4.79 Å². The van der Waals surface area contributed by atoms with Gasteiger partial charge in [0.2, 0.25) is 0 Å². The zero-order valence-electron chi connectivity index (χ0n) is 11.4. The molecule has 1 atom stereocenters. The highest BCUT2D eigenvalue weighted by atomic mass is 79.9. The van der Waals surface area contributed by atoms with E-state index in [-0.39, 0.29) is 5.78 Å². The summed E-state index contributed by atoms with van der Waals surface area (Å²) in [5.41, 5.74) is 0.233. The van der Waals surface area contributed by atoms with Crippen molar-refractivity contribution in [1.82, 2.24) is 4.90 Å². The highest BCUT2D eigenvalue weighted by Gasteiger charge is 2.42. The van der Waals surface area contributed by atoms with E-state index < -0.39 is 5.41 Å². The van der Waals surface area contributed by atoms with Gasteiger partial charge in [0.05, 0.1) is 15.5 Å². The fourth-order valence-corrected chi connectivity index (χ4v) is 4.39. The van der Waals surface area contributed by atoms with Crippen LogP contribution in [0.25, 0.3) is 0 Å². The Balaban J connectivity index is 1.91. The quantitative estimate of drug-likeness (QED) is 0.751. The number of benzene rings is 1. The summed E-state index contributed by atoms with van der Waals surface area (Å²) >= 11 is 6.91. The van der Waals surface area contributed by atoms with Crippen molar-refractivity contribution in [2.75, 3.05) is 26.2 Å². The van der Waals surface area contributed by atoms with Crippen molar-refractivity contribution in [1.29, 1.82) is 0 Å². The third-order valence-electron chi connectivity index (χ3n) is 4.11. The van der Waals surface area contributed by atoms with Gasteiger partial charge in [-0.15, -0.1) is 0 Å².